The number of non-ortho nitro benzene ring substituents is 1. The van der Waals surface area contributed by atoms with Gasteiger partial charge in [0.05, 0.1) is 22.1 Å². The molecule has 7 nitrogen and oxygen atoms in total. The van der Waals surface area contributed by atoms with Crippen LogP contribution in [0.4, 0.5) is 5.69 Å². The number of halogens is 1. The van der Waals surface area contributed by atoms with Crippen molar-refractivity contribution in [3.05, 3.63) is 38.9 Å². The van der Waals surface area contributed by atoms with Crippen LogP contribution in [0.15, 0.2) is 18.2 Å². The standard InChI is InChI=1S/C13H16ClN3O4/c1-13(2,3)16-11(18)7-15-12(19)9-6-8(17(20)21)4-5-10(9)14/h4-6H,7H2,1-3H3,(H,15,19)(H,16,18). The zero-order valence-corrected chi connectivity index (χ0v) is 12.7. The fourth-order valence-corrected chi connectivity index (χ4v) is 1.72. The van der Waals surface area contributed by atoms with Crippen LogP contribution in [0.1, 0.15) is 31.1 Å². The lowest BCUT2D eigenvalue weighted by Gasteiger charge is -2.20. The molecule has 1 rings (SSSR count). The van der Waals surface area contributed by atoms with Crippen LogP contribution in [0.25, 0.3) is 0 Å². The minimum Gasteiger partial charge on any atom is -0.350 e. The van der Waals surface area contributed by atoms with E-state index in [4.69, 9.17) is 11.6 Å². The molecule has 0 saturated carbocycles. The first kappa shape index (κ1) is 16.9. The van der Waals surface area contributed by atoms with Gasteiger partial charge in [0.25, 0.3) is 11.6 Å². The van der Waals surface area contributed by atoms with E-state index >= 15 is 0 Å². The molecular weight excluding hydrogens is 298 g/mol. The number of nitrogens with zero attached hydrogens (tertiary/aromatic N) is 1. The number of hydrogen-bond acceptors (Lipinski definition) is 4. The Balaban J connectivity index is 2.74. The number of nitro groups is 1. The molecular formula is C13H16ClN3O4. The Morgan fingerprint density at radius 2 is 1.95 bits per heavy atom. The number of carbonyl (C=O) groups is 2. The summed E-state index contributed by atoms with van der Waals surface area (Å²) in [5.41, 5.74) is -0.705. The number of carbonyl (C=O) groups excluding carboxylic acids is 2. The Morgan fingerprint density at radius 3 is 2.48 bits per heavy atom. The molecule has 0 fully saturated rings. The van der Waals surface area contributed by atoms with Crippen molar-refractivity contribution in [1.82, 2.24) is 10.6 Å². The van der Waals surface area contributed by atoms with Crippen LogP contribution >= 0.6 is 11.6 Å². The molecule has 1 aromatic rings. The molecule has 0 aliphatic rings. The van der Waals surface area contributed by atoms with Crippen molar-refractivity contribution in [3.8, 4) is 0 Å². The predicted molar refractivity (Wildman–Crippen MR) is 78.3 cm³/mol. The third-order valence-electron chi connectivity index (χ3n) is 2.33. The van der Waals surface area contributed by atoms with E-state index in [-0.39, 0.29) is 28.7 Å². The molecule has 0 spiro atoms. The molecule has 0 aliphatic heterocycles. The summed E-state index contributed by atoms with van der Waals surface area (Å²) in [6, 6.07) is 3.54. The Kier molecular flexibility index (Phi) is 5.26. The van der Waals surface area contributed by atoms with Crippen molar-refractivity contribution in [2.75, 3.05) is 6.54 Å². The topological polar surface area (TPSA) is 101 Å². The first-order valence-corrected chi connectivity index (χ1v) is 6.51. The molecule has 2 N–H and O–H groups in total. The van der Waals surface area contributed by atoms with Crippen molar-refractivity contribution in [2.45, 2.75) is 26.3 Å². The molecule has 0 aliphatic carbocycles. The third kappa shape index (κ3) is 5.39. The van der Waals surface area contributed by atoms with Crippen molar-refractivity contribution in [3.63, 3.8) is 0 Å². The first-order chi connectivity index (χ1) is 9.60. The average Bonchev–Trinajstić information content (AvgIpc) is 2.34. The molecule has 8 heteroatoms. The maximum atomic E-state index is 11.9. The largest absolute Gasteiger partial charge is 0.350 e. The van der Waals surface area contributed by atoms with Crippen LogP contribution in [0.5, 0.6) is 0 Å². The number of nitrogens with one attached hydrogen (secondary N) is 2. The van der Waals surface area contributed by atoms with Crippen molar-refractivity contribution >= 4 is 29.1 Å². The first-order valence-electron chi connectivity index (χ1n) is 6.13. The fourth-order valence-electron chi connectivity index (χ4n) is 1.52. The van der Waals surface area contributed by atoms with Gasteiger partial charge in [0.2, 0.25) is 5.91 Å². The molecule has 1 aromatic carbocycles. The molecule has 0 unspecified atom stereocenters. The molecule has 0 radical (unpaired) electrons. The summed E-state index contributed by atoms with van der Waals surface area (Å²) in [6.07, 6.45) is 0. The molecule has 0 heterocycles. The molecule has 21 heavy (non-hydrogen) atoms. The number of benzene rings is 1. The lowest BCUT2D eigenvalue weighted by Crippen LogP contribution is -2.45. The van der Waals surface area contributed by atoms with Gasteiger partial charge in [-0.1, -0.05) is 11.6 Å². The molecule has 114 valence electrons. The Hall–Kier alpha value is -2.15. The van der Waals surface area contributed by atoms with Gasteiger partial charge in [-0.3, -0.25) is 19.7 Å². The summed E-state index contributed by atoms with van der Waals surface area (Å²) in [7, 11) is 0. The molecule has 0 saturated heterocycles. The SMILES string of the molecule is CC(C)(C)NC(=O)CNC(=O)c1cc([N+](=O)[O-])ccc1Cl. The number of hydrogen-bond donors (Lipinski definition) is 2. The monoisotopic (exact) mass is 313 g/mol. The second kappa shape index (κ2) is 6.53. The van der Waals surface area contributed by atoms with Crippen molar-refractivity contribution in [2.24, 2.45) is 0 Å². The summed E-state index contributed by atoms with van der Waals surface area (Å²) < 4.78 is 0. The van der Waals surface area contributed by atoms with Gasteiger partial charge in [0.15, 0.2) is 0 Å². The van der Waals surface area contributed by atoms with Gasteiger partial charge < -0.3 is 10.6 Å². The number of nitro benzene ring substituents is 1. The summed E-state index contributed by atoms with van der Waals surface area (Å²) in [5, 5.41) is 15.8. The second-order valence-corrected chi connectivity index (χ2v) is 5.81. The van der Waals surface area contributed by atoms with E-state index in [1.807, 2.05) is 20.8 Å². The van der Waals surface area contributed by atoms with E-state index < -0.39 is 16.4 Å². The van der Waals surface area contributed by atoms with Gasteiger partial charge in [-0.05, 0) is 26.8 Å². The summed E-state index contributed by atoms with van der Waals surface area (Å²) in [4.78, 5) is 33.6. The van der Waals surface area contributed by atoms with Crippen LogP contribution in [0, 0.1) is 10.1 Å². The highest BCUT2D eigenvalue weighted by Crippen LogP contribution is 2.21. The molecule has 0 bridgehead atoms. The Labute approximate surface area is 126 Å². The van der Waals surface area contributed by atoms with E-state index in [1.165, 1.54) is 12.1 Å². The van der Waals surface area contributed by atoms with Crippen LogP contribution in [0.2, 0.25) is 5.02 Å². The quantitative estimate of drug-likeness (QED) is 0.654. The maximum absolute atomic E-state index is 11.9. The van der Waals surface area contributed by atoms with Gasteiger partial charge in [0, 0.05) is 17.7 Å². The van der Waals surface area contributed by atoms with E-state index in [1.54, 1.807) is 0 Å². The van der Waals surface area contributed by atoms with Gasteiger partial charge >= 0.3 is 0 Å². The van der Waals surface area contributed by atoms with Crippen LogP contribution < -0.4 is 10.6 Å². The van der Waals surface area contributed by atoms with E-state index in [0.717, 1.165) is 6.07 Å². The van der Waals surface area contributed by atoms with Crippen LogP contribution in [0.3, 0.4) is 0 Å². The smallest absolute Gasteiger partial charge is 0.270 e. The highest BCUT2D eigenvalue weighted by molar-refractivity contribution is 6.34. The van der Waals surface area contributed by atoms with E-state index in [2.05, 4.69) is 10.6 Å². The highest BCUT2D eigenvalue weighted by Gasteiger charge is 2.18. The van der Waals surface area contributed by atoms with Crippen molar-refractivity contribution < 1.29 is 14.5 Å². The van der Waals surface area contributed by atoms with Gasteiger partial charge in [0.1, 0.15) is 0 Å². The average molecular weight is 314 g/mol. The molecule has 0 aromatic heterocycles. The lowest BCUT2D eigenvalue weighted by molar-refractivity contribution is -0.384. The van der Waals surface area contributed by atoms with E-state index in [0.29, 0.717) is 0 Å². The predicted octanol–water partition coefficient (Wildman–Crippen LogP) is 1.89. The fraction of sp³-hybridized carbons (Fsp3) is 0.385. The van der Waals surface area contributed by atoms with Gasteiger partial charge in [-0.15, -0.1) is 0 Å². The normalized spacial score (nSPS) is 10.9. The lowest BCUT2D eigenvalue weighted by atomic mass is 10.1. The maximum Gasteiger partial charge on any atom is 0.270 e. The zero-order chi connectivity index (χ0) is 16.2. The zero-order valence-electron chi connectivity index (χ0n) is 11.9. The minimum atomic E-state index is -0.646. The Morgan fingerprint density at radius 1 is 1.33 bits per heavy atom. The van der Waals surface area contributed by atoms with Crippen LogP contribution in [-0.4, -0.2) is 28.8 Å². The molecule has 2 amide bonds. The van der Waals surface area contributed by atoms with Gasteiger partial charge in [-0.25, -0.2) is 0 Å². The summed E-state index contributed by atoms with van der Waals surface area (Å²) >= 11 is 5.83. The summed E-state index contributed by atoms with van der Waals surface area (Å²) in [5.74, 6) is -1.01. The van der Waals surface area contributed by atoms with Crippen LogP contribution in [-0.2, 0) is 4.79 Å². The minimum absolute atomic E-state index is 0.0468. The van der Waals surface area contributed by atoms with Crippen molar-refractivity contribution in [1.29, 1.82) is 0 Å². The summed E-state index contributed by atoms with van der Waals surface area (Å²) in [6.45, 7) is 5.19. The number of rotatable bonds is 4. The third-order valence-corrected chi connectivity index (χ3v) is 2.66. The highest BCUT2D eigenvalue weighted by atomic mass is 35.5. The number of amides is 2. The Bertz CT molecular complexity index is 581. The van der Waals surface area contributed by atoms with E-state index in [9.17, 15) is 19.7 Å². The molecule has 0 atom stereocenters. The van der Waals surface area contributed by atoms with Gasteiger partial charge in [-0.2, -0.15) is 0 Å². The second-order valence-electron chi connectivity index (χ2n) is 5.40.